The molecular formula is C12H10N2O2. The van der Waals surface area contributed by atoms with E-state index in [-0.39, 0.29) is 0 Å². The van der Waals surface area contributed by atoms with E-state index in [0.717, 1.165) is 5.56 Å². The van der Waals surface area contributed by atoms with Crippen molar-refractivity contribution in [2.24, 2.45) is 5.10 Å². The molecule has 0 spiro atoms. The van der Waals surface area contributed by atoms with Crippen molar-refractivity contribution in [1.82, 2.24) is 0 Å². The van der Waals surface area contributed by atoms with E-state index in [1.54, 1.807) is 11.3 Å². The van der Waals surface area contributed by atoms with Gasteiger partial charge in [0.2, 0.25) is 11.8 Å². The van der Waals surface area contributed by atoms with Crippen LogP contribution in [0.5, 0.6) is 0 Å². The lowest BCUT2D eigenvalue weighted by Gasteiger charge is -2.05. The van der Waals surface area contributed by atoms with Crippen molar-refractivity contribution < 1.29 is 9.15 Å². The van der Waals surface area contributed by atoms with Gasteiger partial charge < -0.3 is 9.15 Å². The molecule has 0 radical (unpaired) electrons. The lowest BCUT2D eigenvalue weighted by Crippen LogP contribution is -2.11. The van der Waals surface area contributed by atoms with Crippen LogP contribution in [0.15, 0.2) is 58.2 Å². The molecule has 0 saturated heterocycles. The smallest absolute Gasteiger partial charge is 0.240 e. The number of furan rings is 1. The summed E-state index contributed by atoms with van der Waals surface area (Å²) in [4.78, 5) is 0. The second-order valence-electron chi connectivity index (χ2n) is 3.40. The van der Waals surface area contributed by atoms with Gasteiger partial charge in [0.05, 0.1) is 6.26 Å². The number of hydrogen-bond donors (Lipinski definition) is 0. The molecule has 0 unspecified atom stereocenters. The van der Waals surface area contributed by atoms with Gasteiger partial charge in [0, 0.05) is 11.6 Å². The first-order chi connectivity index (χ1) is 7.93. The van der Waals surface area contributed by atoms with E-state index in [4.69, 9.17) is 9.15 Å². The predicted octanol–water partition coefficient (Wildman–Crippen LogP) is 2.44. The molecule has 0 fully saturated rings. The quantitative estimate of drug-likeness (QED) is 0.770. The Balaban J connectivity index is 1.87. The van der Waals surface area contributed by atoms with Crippen LogP contribution in [0.1, 0.15) is 5.56 Å². The molecule has 80 valence electrons. The third-order valence-corrected chi connectivity index (χ3v) is 2.32. The lowest BCUT2D eigenvalue weighted by atomic mass is 10.2. The van der Waals surface area contributed by atoms with Crippen LogP contribution in [0.2, 0.25) is 0 Å². The highest BCUT2D eigenvalue weighted by atomic mass is 16.5. The highest BCUT2D eigenvalue weighted by Crippen LogP contribution is 2.20. The molecule has 1 aromatic heterocycles. The number of hydrazone groups is 1. The molecule has 0 amide bonds. The molecule has 2 aromatic rings. The van der Waals surface area contributed by atoms with Gasteiger partial charge in [-0.3, -0.25) is 0 Å². The zero-order chi connectivity index (χ0) is 10.8. The van der Waals surface area contributed by atoms with Gasteiger partial charge in [-0.05, 0) is 18.2 Å². The molecule has 0 saturated carbocycles. The lowest BCUT2D eigenvalue weighted by molar-refractivity contribution is 0.331. The minimum atomic E-state index is 0.387. The van der Waals surface area contributed by atoms with Crippen molar-refractivity contribution in [3.63, 3.8) is 0 Å². The molecular weight excluding hydrogens is 204 g/mol. The normalized spacial score (nSPS) is 14.8. The fourth-order valence-corrected chi connectivity index (χ4v) is 1.54. The van der Waals surface area contributed by atoms with Gasteiger partial charge in [-0.25, -0.2) is 0 Å². The van der Waals surface area contributed by atoms with E-state index in [2.05, 4.69) is 5.10 Å². The number of nitrogens with zero attached hydrogens (tertiary/aromatic N) is 2. The summed E-state index contributed by atoms with van der Waals surface area (Å²) in [7, 11) is 0. The van der Waals surface area contributed by atoms with Gasteiger partial charge in [-0.15, -0.1) is 5.10 Å². The summed E-state index contributed by atoms with van der Waals surface area (Å²) in [6.45, 7) is 0.387. The highest BCUT2D eigenvalue weighted by Gasteiger charge is 2.19. The maximum Gasteiger partial charge on any atom is 0.240 e. The van der Waals surface area contributed by atoms with Crippen LogP contribution in [0.3, 0.4) is 0 Å². The average molecular weight is 214 g/mol. The first-order valence-electron chi connectivity index (χ1n) is 5.01. The number of benzene rings is 1. The second-order valence-corrected chi connectivity index (χ2v) is 3.40. The second kappa shape index (κ2) is 3.73. The van der Waals surface area contributed by atoms with Crippen LogP contribution in [0, 0.1) is 0 Å². The Labute approximate surface area is 92.7 Å². The van der Waals surface area contributed by atoms with Gasteiger partial charge in [0.25, 0.3) is 0 Å². The third-order valence-electron chi connectivity index (χ3n) is 2.32. The van der Waals surface area contributed by atoms with Gasteiger partial charge in [0.1, 0.15) is 0 Å². The van der Waals surface area contributed by atoms with E-state index in [1.807, 2.05) is 42.5 Å². The third kappa shape index (κ3) is 1.54. The molecule has 1 aliphatic rings. The van der Waals surface area contributed by atoms with Crippen LogP contribution in [-0.4, -0.2) is 12.6 Å². The van der Waals surface area contributed by atoms with Crippen molar-refractivity contribution in [2.75, 3.05) is 11.7 Å². The summed E-state index contributed by atoms with van der Waals surface area (Å²) in [5.74, 6) is 1.31. The van der Waals surface area contributed by atoms with E-state index >= 15 is 0 Å². The van der Waals surface area contributed by atoms with Crippen molar-refractivity contribution >= 4 is 11.8 Å². The monoisotopic (exact) mass is 214 g/mol. The minimum absolute atomic E-state index is 0.387. The van der Waals surface area contributed by atoms with Crippen molar-refractivity contribution in [2.45, 2.75) is 0 Å². The molecule has 4 heteroatoms. The Morgan fingerprint density at radius 1 is 1.06 bits per heavy atom. The zero-order valence-corrected chi connectivity index (χ0v) is 8.54. The molecule has 0 aliphatic carbocycles. The summed E-state index contributed by atoms with van der Waals surface area (Å²) in [5, 5.41) is 6.02. The maximum absolute atomic E-state index is 5.49. The molecule has 1 aromatic carbocycles. The number of rotatable bonds is 2. The van der Waals surface area contributed by atoms with Gasteiger partial charge in [-0.1, -0.05) is 18.2 Å². The molecule has 16 heavy (non-hydrogen) atoms. The van der Waals surface area contributed by atoms with Crippen molar-refractivity contribution in [3.8, 4) is 0 Å². The molecule has 4 nitrogen and oxygen atoms in total. The first kappa shape index (κ1) is 9.03. The summed E-state index contributed by atoms with van der Waals surface area (Å²) in [6.07, 6.45) is 1.62. The topological polar surface area (TPSA) is 38.0 Å². The molecule has 2 heterocycles. The van der Waals surface area contributed by atoms with E-state index in [1.165, 1.54) is 0 Å². The van der Waals surface area contributed by atoms with Crippen LogP contribution < -0.4 is 5.01 Å². The average Bonchev–Trinajstić information content (AvgIpc) is 3.01. The Morgan fingerprint density at radius 3 is 2.69 bits per heavy atom. The minimum Gasteiger partial charge on any atom is -0.453 e. The van der Waals surface area contributed by atoms with E-state index in [9.17, 15) is 0 Å². The van der Waals surface area contributed by atoms with Gasteiger partial charge >= 0.3 is 0 Å². The van der Waals surface area contributed by atoms with Gasteiger partial charge in [0.15, 0.2) is 6.73 Å². The van der Waals surface area contributed by atoms with Crippen molar-refractivity contribution in [1.29, 1.82) is 0 Å². The fraction of sp³-hybridized carbons (Fsp3) is 0.0833. The van der Waals surface area contributed by atoms with Crippen LogP contribution in [0.4, 0.5) is 5.88 Å². The maximum atomic E-state index is 5.49. The van der Waals surface area contributed by atoms with E-state index in [0.29, 0.717) is 18.5 Å². The van der Waals surface area contributed by atoms with Gasteiger partial charge in [-0.2, -0.15) is 5.01 Å². The molecule has 1 aliphatic heterocycles. The number of ether oxygens (including phenoxy) is 1. The standard InChI is InChI=1S/C12H10N2O2/c1-2-5-10(6-3-1)12-13-14(9-16-12)11-7-4-8-15-11/h1-8H,9H2. The molecule has 3 rings (SSSR count). The summed E-state index contributed by atoms with van der Waals surface area (Å²) in [6, 6.07) is 13.5. The summed E-state index contributed by atoms with van der Waals surface area (Å²) in [5.41, 5.74) is 0.969. The first-order valence-corrected chi connectivity index (χ1v) is 5.01. The summed E-state index contributed by atoms with van der Waals surface area (Å²) < 4.78 is 10.7. The molecule has 0 bridgehead atoms. The Hall–Kier alpha value is -2.23. The Morgan fingerprint density at radius 2 is 1.94 bits per heavy atom. The number of anilines is 1. The fourth-order valence-electron chi connectivity index (χ4n) is 1.54. The zero-order valence-electron chi connectivity index (χ0n) is 8.54. The van der Waals surface area contributed by atoms with Crippen molar-refractivity contribution in [3.05, 3.63) is 54.3 Å². The Kier molecular flexibility index (Phi) is 2.11. The van der Waals surface area contributed by atoms with Crippen LogP contribution >= 0.6 is 0 Å². The predicted molar refractivity (Wildman–Crippen MR) is 60.1 cm³/mol. The Bertz CT molecular complexity index is 491. The SMILES string of the molecule is c1ccc(C2=NN(c3ccco3)CO2)cc1. The highest BCUT2D eigenvalue weighted by molar-refractivity contribution is 5.95. The van der Waals surface area contributed by atoms with Crippen LogP contribution in [0.25, 0.3) is 0 Å². The van der Waals surface area contributed by atoms with E-state index < -0.39 is 0 Å². The molecule has 0 atom stereocenters. The molecule has 0 N–H and O–H groups in total. The summed E-state index contributed by atoms with van der Waals surface area (Å²) >= 11 is 0. The van der Waals surface area contributed by atoms with Crippen LogP contribution in [-0.2, 0) is 4.74 Å². The number of hydrogen-bond acceptors (Lipinski definition) is 4. The largest absolute Gasteiger partial charge is 0.453 e.